The number of amides is 1. The minimum atomic E-state index is -1.16. The lowest BCUT2D eigenvalue weighted by molar-refractivity contribution is -0.124. The number of hydrogen-bond acceptors (Lipinski definition) is 2. The standard InChI is InChI=1S/C14H12BrNO2/c15-11-7-4-8-12(9-11)16-14(18)13(17)10-5-2-1-3-6-10/h1-9,13,17H,(H,16,18). The van der Waals surface area contributed by atoms with Gasteiger partial charge in [0.05, 0.1) is 0 Å². The fourth-order valence-corrected chi connectivity index (χ4v) is 1.96. The Kier molecular flexibility index (Phi) is 4.12. The van der Waals surface area contributed by atoms with E-state index in [1.807, 2.05) is 18.2 Å². The smallest absolute Gasteiger partial charge is 0.257 e. The van der Waals surface area contributed by atoms with Crippen LogP contribution in [0.5, 0.6) is 0 Å². The van der Waals surface area contributed by atoms with Crippen molar-refractivity contribution in [3.63, 3.8) is 0 Å². The minimum absolute atomic E-state index is 0.445. The summed E-state index contributed by atoms with van der Waals surface area (Å²) in [5.74, 6) is -0.445. The van der Waals surface area contributed by atoms with Gasteiger partial charge in [-0.3, -0.25) is 4.79 Å². The Hall–Kier alpha value is -1.65. The maximum Gasteiger partial charge on any atom is 0.257 e. The van der Waals surface area contributed by atoms with Crippen LogP contribution in [0.25, 0.3) is 0 Å². The molecule has 0 spiro atoms. The van der Waals surface area contributed by atoms with Gasteiger partial charge in [-0.2, -0.15) is 0 Å². The van der Waals surface area contributed by atoms with E-state index in [4.69, 9.17) is 0 Å². The van der Waals surface area contributed by atoms with Crippen LogP contribution in [-0.4, -0.2) is 11.0 Å². The molecule has 0 aliphatic carbocycles. The second-order valence-electron chi connectivity index (χ2n) is 3.81. The molecule has 2 N–H and O–H groups in total. The molecule has 2 aromatic rings. The van der Waals surface area contributed by atoms with Crippen LogP contribution in [-0.2, 0) is 4.79 Å². The molecule has 0 fully saturated rings. The van der Waals surface area contributed by atoms with Crippen LogP contribution in [0.3, 0.4) is 0 Å². The lowest BCUT2D eigenvalue weighted by Gasteiger charge is -2.11. The van der Waals surface area contributed by atoms with Crippen molar-refractivity contribution in [2.45, 2.75) is 6.10 Å². The molecule has 1 amide bonds. The average molecular weight is 306 g/mol. The predicted octanol–water partition coefficient (Wildman–Crippen LogP) is 3.12. The first-order valence-corrected chi connectivity index (χ1v) is 6.25. The van der Waals surface area contributed by atoms with E-state index in [1.165, 1.54) is 0 Å². The lowest BCUT2D eigenvalue weighted by Crippen LogP contribution is -2.20. The van der Waals surface area contributed by atoms with Gasteiger partial charge in [0.2, 0.25) is 0 Å². The predicted molar refractivity (Wildman–Crippen MR) is 74.2 cm³/mol. The third-order valence-electron chi connectivity index (χ3n) is 2.46. The van der Waals surface area contributed by atoms with E-state index in [0.29, 0.717) is 11.3 Å². The summed E-state index contributed by atoms with van der Waals surface area (Å²) in [5.41, 5.74) is 1.22. The first-order chi connectivity index (χ1) is 8.66. The third kappa shape index (κ3) is 3.18. The van der Waals surface area contributed by atoms with E-state index in [0.717, 1.165) is 4.47 Å². The largest absolute Gasteiger partial charge is 0.378 e. The van der Waals surface area contributed by atoms with Crippen LogP contribution >= 0.6 is 15.9 Å². The van der Waals surface area contributed by atoms with Gasteiger partial charge in [0.25, 0.3) is 5.91 Å². The van der Waals surface area contributed by atoms with E-state index in [2.05, 4.69) is 21.2 Å². The highest BCUT2D eigenvalue weighted by Crippen LogP contribution is 2.18. The molecule has 0 aliphatic heterocycles. The number of anilines is 1. The summed E-state index contributed by atoms with van der Waals surface area (Å²) in [5, 5.41) is 12.6. The van der Waals surface area contributed by atoms with Gasteiger partial charge in [-0.15, -0.1) is 0 Å². The Balaban J connectivity index is 2.09. The van der Waals surface area contributed by atoms with E-state index in [1.54, 1.807) is 36.4 Å². The van der Waals surface area contributed by atoms with Crippen molar-refractivity contribution in [2.24, 2.45) is 0 Å². The summed E-state index contributed by atoms with van der Waals surface area (Å²) in [6.45, 7) is 0. The number of carbonyl (C=O) groups is 1. The van der Waals surface area contributed by atoms with E-state index >= 15 is 0 Å². The Morgan fingerprint density at radius 2 is 1.83 bits per heavy atom. The molecule has 18 heavy (non-hydrogen) atoms. The lowest BCUT2D eigenvalue weighted by atomic mass is 10.1. The molecule has 0 heterocycles. The van der Waals surface area contributed by atoms with Crippen molar-refractivity contribution >= 4 is 27.5 Å². The molecule has 92 valence electrons. The molecule has 0 saturated carbocycles. The average Bonchev–Trinajstić information content (AvgIpc) is 2.39. The summed E-state index contributed by atoms with van der Waals surface area (Å²) in [6.07, 6.45) is -1.16. The summed E-state index contributed by atoms with van der Waals surface area (Å²) in [6, 6.07) is 16.0. The van der Waals surface area contributed by atoms with Gasteiger partial charge in [-0.25, -0.2) is 0 Å². The van der Waals surface area contributed by atoms with Gasteiger partial charge in [-0.1, -0.05) is 52.3 Å². The molecule has 0 saturated heterocycles. The maximum absolute atomic E-state index is 11.8. The van der Waals surface area contributed by atoms with Crippen LogP contribution in [0.4, 0.5) is 5.69 Å². The van der Waals surface area contributed by atoms with Gasteiger partial charge in [0.1, 0.15) is 0 Å². The number of aliphatic hydroxyl groups is 1. The fourth-order valence-electron chi connectivity index (χ4n) is 1.56. The van der Waals surface area contributed by atoms with E-state index in [-0.39, 0.29) is 0 Å². The van der Waals surface area contributed by atoms with Crippen LogP contribution < -0.4 is 5.32 Å². The van der Waals surface area contributed by atoms with Gasteiger partial charge < -0.3 is 10.4 Å². The maximum atomic E-state index is 11.8. The Labute approximate surface area is 114 Å². The molecule has 0 aliphatic rings. The summed E-state index contributed by atoms with van der Waals surface area (Å²) < 4.78 is 0.870. The summed E-state index contributed by atoms with van der Waals surface area (Å²) in [7, 11) is 0. The second kappa shape index (κ2) is 5.80. The number of aliphatic hydroxyl groups excluding tert-OH is 1. The Bertz CT molecular complexity index is 543. The molecule has 0 radical (unpaired) electrons. The van der Waals surface area contributed by atoms with Gasteiger partial charge >= 0.3 is 0 Å². The molecular weight excluding hydrogens is 294 g/mol. The molecule has 2 aromatic carbocycles. The third-order valence-corrected chi connectivity index (χ3v) is 2.95. The van der Waals surface area contributed by atoms with Crippen molar-refractivity contribution < 1.29 is 9.90 Å². The fraction of sp³-hybridized carbons (Fsp3) is 0.0714. The van der Waals surface area contributed by atoms with Gasteiger partial charge in [0.15, 0.2) is 6.10 Å². The molecule has 4 heteroatoms. The molecule has 2 rings (SSSR count). The minimum Gasteiger partial charge on any atom is -0.378 e. The molecule has 1 unspecified atom stereocenters. The van der Waals surface area contributed by atoms with Crippen LogP contribution in [0.15, 0.2) is 59.1 Å². The first-order valence-electron chi connectivity index (χ1n) is 5.46. The Morgan fingerprint density at radius 1 is 1.11 bits per heavy atom. The zero-order chi connectivity index (χ0) is 13.0. The SMILES string of the molecule is O=C(Nc1cccc(Br)c1)C(O)c1ccccc1. The zero-order valence-electron chi connectivity index (χ0n) is 9.51. The first kappa shape index (κ1) is 12.8. The molecule has 0 bridgehead atoms. The van der Waals surface area contributed by atoms with Gasteiger partial charge in [0, 0.05) is 10.2 Å². The molecular formula is C14H12BrNO2. The van der Waals surface area contributed by atoms with E-state index in [9.17, 15) is 9.90 Å². The van der Waals surface area contributed by atoms with Crippen molar-refractivity contribution in [3.8, 4) is 0 Å². The zero-order valence-corrected chi connectivity index (χ0v) is 11.1. The second-order valence-corrected chi connectivity index (χ2v) is 4.73. The van der Waals surface area contributed by atoms with Crippen LogP contribution in [0.2, 0.25) is 0 Å². The molecule has 1 atom stereocenters. The van der Waals surface area contributed by atoms with Crippen molar-refractivity contribution in [1.82, 2.24) is 0 Å². The van der Waals surface area contributed by atoms with Crippen molar-refractivity contribution in [3.05, 3.63) is 64.6 Å². The number of hydrogen-bond donors (Lipinski definition) is 2. The highest BCUT2D eigenvalue weighted by Gasteiger charge is 2.16. The summed E-state index contributed by atoms with van der Waals surface area (Å²) >= 11 is 3.32. The van der Waals surface area contributed by atoms with Crippen molar-refractivity contribution in [1.29, 1.82) is 0 Å². The monoisotopic (exact) mass is 305 g/mol. The topological polar surface area (TPSA) is 49.3 Å². The highest BCUT2D eigenvalue weighted by atomic mass is 79.9. The normalized spacial score (nSPS) is 11.9. The Morgan fingerprint density at radius 3 is 2.50 bits per heavy atom. The van der Waals surface area contributed by atoms with Crippen LogP contribution in [0, 0.1) is 0 Å². The summed E-state index contributed by atoms with van der Waals surface area (Å²) in [4.78, 5) is 11.8. The van der Waals surface area contributed by atoms with Gasteiger partial charge in [-0.05, 0) is 23.8 Å². The number of halogens is 1. The number of benzene rings is 2. The number of carbonyl (C=O) groups excluding carboxylic acids is 1. The highest BCUT2D eigenvalue weighted by molar-refractivity contribution is 9.10. The van der Waals surface area contributed by atoms with E-state index < -0.39 is 12.0 Å². The molecule has 3 nitrogen and oxygen atoms in total. The van der Waals surface area contributed by atoms with Crippen molar-refractivity contribution in [2.75, 3.05) is 5.32 Å². The molecule has 0 aromatic heterocycles. The van der Waals surface area contributed by atoms with Crippen LogP contribution in [0.1, 0.15) is 11.7 Å². The number of rotatable bonds is 3. The quantitative estimate of drug-likeness (QED) is 0.915. The number of nitrogens with one attached hydrogen (secondary N) is 1.